The molecule has 1 aromatic carbocycles. The summed E-state index contributed by atoms with van der Waals surface area (Å²) in [6.07, 6.45) is 2.80. The molecule has 2 rings (SSSR count). The molecule has 0 saturated carbocycles. The molecule has 0 spiro atoms. The van der Waals surface area contributed by atoms with Gasteiger partial charge in [0.1, 0.15) is 6.04 Å². The van der Waals surface area contributed by atoms with E-state index in [1.807, 2.05) is 0 Å². The van der Waals surface area contributed by atoms with Gasteiger partial charge in [-0.15, -0.1) is 0 Å². The summed E-state index contributed by atoms with van der Waals surface area (Å²) >= 11 is 0. The summed E-state index contributed by atoms with van der Waals surface area (Å²) < 4.78 is 50.5. The van der Waals surface area contributed by atoms with Gasteiger partial charge in [-0.1, -0.05) is 6.42 Å². The predicted molar refractivity (Wildman–Crippen MR) is 87.2 cm³/mol. The maximum Gasteiger partial charge on any atom is 0.243 e. The first-order chi connectivity index (χ1) is 11.7. The average Bonchev–Trinajstić information content (AvgIpc) is 2.55. The molecule has 0 aromatic heterocycles. The molecule has 1 aliphatic heterocycles. The smallest absolute Gasteiger partial charge is 0.243 e. The van der Waals surface area contributed by atoms with Crippen LogP contribution in [-0.2, 0) is 19.6 Å². The number of rotatable bonds is 5. The summed E-state index contributed by atoms with van der Waals surface area (Å²) in [7, 11) is -3.52. The minimum atomic E-state index is -3.52. The van der Waals surface area contributed by atoms with Gasteiger partial charge in [-0.25, -0.2) is 17.2 Å². The number of piperidine rings is 1. The van der Waals surface area contributed by atoms with Gasteiger partial charge >= 0.3 is 0 Å². The van der Waals surface area contributed by atoms with Gasteiger partial charge in [-0.05, 0) is 25.0 Å². The van der Waals surface area contributed by atoms with Gasteiger partial charge in [0, 0.05) is 18.3 Å². The number of anilines is 1. The Bertz CT molecular complexity index is 770. The highest BCUT2D eigenvalue weighted by Crippen LogP contribution is 2.20. The lowest BCUT2D eigenvalue weighted by molar-refractivity contribution is -0.127. The van der Waals surface area contributed by atoms with Crippen LogP contribution >= 0.6 is 0 Å². The SMILES string of the molecule is CS(=O)(=O)N1CCCCC1C(=O)NCC(=O)Nc1ccc(F)c(F)c1. The van der Waals surface area contributed by atoms with Crippen LogP contribution in [-0.4, -0.2) is 49.9 Å². The lowest BCUT2D eigenvalue weighted by atomic mass is 10.0. The fourth-order valence-electron chi connectivity index (χ4n) is 2.63. The summed E-state index contributed by atoms with van der Waals surface area (Å²) in [5.41, 5.74) is 0.0496. The number of nitrogens with zero attached hydrogens (tertiary/aromatic N) is 1. The largest absolute Gasteiger partial charge is 0.346 e. The molecule has 1 aromatic rings. The third kappa shape index (κ3) is 5.20. The average molecular weight is 375 g/mol. The predicted octanol–water partition coefficient (Wildman–Crippen LogP) is 0.834. The van der Waals surface area contributed by atoms with Crippen LogP contribution < -0.4 is 10.6 Å². The van der Waals surface area contributed by atoms with Crippen LogP contribution in [0.2, 0.25) is 0 Å². The van der Waals surface area contributed by atoms with Gasteiger partial charge in [0.2, 0.25) is 21.8 Å². The minimum Gasteiger partial charge on any atom is -0.346 e. The van der Waals surface area contributed by atoms with Crippen molar-refractivity contribution in [2.75, 3.05) is 24.7 Å². The Kier molecular flexibility index (Phi) is 6.07. The summed E-state index contributed by atoms with van der Waals surface area (Å²) in [6.45, 7) is -0.149. The van der Waals surface area contributed by atoms with Crippen molar-refractivity contribution in [1.29, 1.82) is 0 Å². The zero-order chi connectivity index (χ0) is 18.6. The Balaban J connectivity index is 1.91. The second-order valence-corrected chi connectivity index (χ2v) is 7.72. The molecule has 1 heterocycles. The van der Waals surface area contributed by atoms with Gasteiger partial charge in [-0.3, -0.25) is 9.59 Å². The molecule has 25 heavy (non-hydrogen) atoms. The van der Waals surface area contributed by atoms with Gasteiger partial charge in [0.25, 0.3) is 0 Å². The van der Waals surface area contributed by atoms with E-state index >= 15 is 0 Å². The molecule has 10 heteroatoms. The zero-order valence-corrected chi connectivity index (χ0v) is 14.4. The topological polar surface area (TPSA) is 95.6 Å². The highest BCUT2D eigenvalue weighted by molar-refractivity contribution is 7.88. The molecular weight excluding hydrogens is 356 g/mol. The minimum absolute atomic E-state index is 0.0496. The third-order valence-corrected chi connectivity index (χ3v) is 5.10. The Morgan fingerprint density at radius 2 is 1.96 bits per heavy atom. The van der Waals surface area contributed by atoms with E-state index in [1.54, 1.807) is 0 Å². The molecule has 1 aliphatic rings. The normalized spacial score (nSPS) is 18.6. The first kappa shape index (κ1) is 19.3. The Labute approximate surface area is 144 Å². The summed E-state index contributed by atoms with van der Waals surface area (Å²) in [4.78, 5) is 24.0. The van der Waals surface area contributed by atoms with Crippen LogP contribution in [0.3, 0.4) is 0 Å². The maximum absolute atomic E-state index is 13.1. The zero-order valence-electron chi connectivity index (χ0n) is 13.6. The second-order valence-electron chi connectivity index (χ2n) is 5.78. The number of benzene rings is 1. The van der Waals surface area contributed by atoms with E-state index in [9.17, 15) is 26.8 Å². The Morgan fingerprint density at radius 1 is 1.24 bits per heavy atom. The van der Waals surface area contributed by atoms with Crippen LogP contribution in [0, 0.1) is 11.6 Å². The number of sulfonamides is 1. The molecule has 2 amide bonds. The van der Waals surface area contributed by atoms with E-state index in [0.717, 1.165) is 22.7 Å². The van der Waals surface area contributed by atoms with Crippen LogP contribution in [0.25, 0.3) is 0 Å². The van der Waals surface area contributed by atoms with Crippen LogP contribution in [0.1, 0.15) is 19.3 Å². The lowest BCUT2D eigenvalue weighted by Gasteiger charge is -2.32. The first-order valence-corrected chi connectivity index (χ1v) is 9.53. The van der Waals surface area contributed by atoms with E-state index in [4.69, 9.17) is 0 Å². The van der Waals surface area contributed by atoms with Crippen molar-refractivity contribution in [1.82, 2.24) is 9.62 Å². The summed E-state index contributed by atoms with van der Waals surface area (Å²) in [6, 6.07) is 2.03. The summed E-state index contributed by atoms with van der Waals surface area (Å²) in [5.74, 6) is -3.34. The monoisotopic (exact) mass is 375 g/mol. The molecule has 0 aliphatic carbocycles. The molecule has 1 atom stereocenters. The van der Waals surface area contributed by atoms with Crippen molar-refractivity contribution in [3.05, 3.63) is 29.8 Å². The molecule has 2 N–H and O–H groups in total. The molecular formula is C15H19F2N3O4S. The standard InChI is InChI=1S/C15H19F2N3O4S/c1-25(23,24)20-7-3-2-4-13(20)15(22)18-9-14(21)19-10-5-6-11(16)12(17)8-10/h5-6,8,13H,2-4,7,9H2,1H3,(H,18,22)(H,19,21). The molecule has 1 fully saturated rings. The maximum atomic E-state index is 13.1. The van der Waals surface area contributed by atoms with Crippen molar-refractivity contribution in [3.63, 3.8) is 0 Å². The number of hydrogen-bond acceptors (Lipinski definition) is 4. The second kappa shape index (κ2) is 7.87. The summed E-state index contributed by atoms with van der Waals surface area (Å²) in [5, 5.41) is 4.69. The first-order valence-electron chi connectivity index (χ1n) is 7.68. The van der Waals surface area contributed by atoms with Crippen LogP contribution in [0.15, 0.2) is 18.2 Å². The van der Waals surface area contributed by atoms with Gasteiger partial charge in [0.15, 0.2) is 11.6 Å². The van der Waals surface area contributed by atoms with Gasteiger partial charge < -0.3 is 10.6 Å². The highest BCUT2D eigenvalue weighted by atomic mass is 32.2. The molecule has 1 unspecified atom stereocenters. The Morgan fingerprint density at radius 3 is 2.60 bits per heavy atom. The number of carbonyl (C=O) groups is 2. The number of carbonyl (C=O) groups excluding carboxylic acids is 2. The highest BCUT2D eigenvalue weighted by Gasteiger charge is 2.34. The van der Waals surface area contributed by atoms with Crippen molar-refractivity contribution in [2.45, 2.75) is 25.3 Å². The molecule has 7 nitrogen and oxygen atoms in total. The number of nitrogens with one attached hydrogen (secondary N) is 2. The number of hydrogen-bond donors (Lipinski definition) is 2. The molecule has 1 saturated heterocycles. The lowest BCUT2D eigenvalue weighted by Crippen LogP contribution is -2.52. The van der Waals surface area contributed by atoms with E-state index < -0.39 is 46.1 Å². The van der Waals surface area contributed by atoms with Crippen molar-refractivity contribution >= 4 is 27.5 Å². The Hall–Kier alpha value is -2.07. The number of amides is 2. The van der Waals surface area contributed by atoms with E-state index in [0.29, 0.717) is 19.3 Å². The van der Waals surface area contributed by atoms with Crippen LogP contribution in [0.5, 0.6) is 0 Å². The van der Waals surface area contributed by atoms with E-state index in [-0.39, 0.29) is 12.2 Å². The van der Waals surface area contributed by atoms with E-state index in [1.165, 1.54) is 6.07 Å². The quantitative estimate of drug-likeness (QED) is 0.797. The van der Waals surface area contributed by atoms with Crippen molar-refractivity contribution in [3.8, 4) is 0 Å². The van der Waals surface area contributed by atoms with Gasteiger partial charge in [0.05, 0.1) is 12.8 Å². The number of halogens is 2. The van der Waals surface area contributed by atoms with Crippen LogP contribution in [0.4, 0.5) is 14.5 Å². The third-order valence-electron chi connectivity index (χ3n) is 3.81. The molecule has 0 radical (unpaired) electrons. The molecule has 138 valence electrons. The molecule has 0 bridgehead atoms. The fraction of sp³-hybridized carbons (Fsp3) is 0.467. The van der Waals surface area contributed by atoms with Crippen molar-refractivity contribution < 1.29 is 26.8 Å². The van der Waals surface area contributed by atoms with E-state index in [2.05, 4.69) is 10.6 Å². The van der Waals surface area contributed by atoms with Crippen molar-refractivity contribution in [2.24, 2.45) is 0 Å². The van der Waals surface area contributed by atoms with Gasteiger partial charge in [-0.2, -0.15) is 4.31 Å². The fourth-order valence-corrected chi connectivity index (χ4v) is 3.75.